The Morgan fingerprint density at radius 2 is 2.18 bits per heavy atom. The lowest BCUT2D eigenvalue weighted by molar-refractivity contribution is 0.973. The second-order valence-electron chi connectivity index (χ2n) is 3.84. The van der Waals surface area contributed by atoms with Crippen LogP contribution in [0, 0.1) is 13.8 Å². The van der Waals surface area contributed by atoms with Gasteiger partial charge in [-0.25, -0.2) is 9.97 Å². The summed E-state index contributed by atoms with van der Waals surface area (Å²) in [6.07, 6.45) is 0.990. The van der Waals surface area contributed by atoms with Gasteiger partial charge >= 0.3 is 0 Å². The Kier molecular flexibility index (Phi) is 3.97. The molecule has 90 valence electrons. The summed E-state index contributed by atoms with van der Waals surface area (Å²) in [5.41, 5.74) is 2.25. The topological polar surface area (TPSA) is 37.8 Å². The Balaban J connectivity index is 1.99. The van der Waals surface area contributed by atoms with Gasteiger partial charge in [0.15, 0.2) is 0 Å². The zero-order valence-corrected chi connectivity index (χ0v) is 11.4. The first-order valence-electron chi connectivity index (χ1n) is 5.42. The minimum atomic E-state index is 0.524. The van der Waals surface area contributed by atoms with Crippen LogP contribution in [0.2, 0.25) is 5.15 Å². The van der Waals surface area contributed by atoms with Gasteiger partial charge in [0.25, 0.3) is 0 Å². The normalized spacial score (nSPS) is 10.5. The number of nitrogens with one attached hydrogen (secondary N) is 1. The van der Waals surface area contributed by atoms with E-state index in [-0.39, 0.29) is 0 Å². The molecule has 0 aliphatic carbocycles. The fourth-order valence-electron chi connectivity index (χ4n) is 1.53. The van der Waals surface area contributed by atoms with Crippen LogP contribution < -0.4 is 5.32 Å². The number of nitrogens with zero attached hydrogens (tertiary/aromatic N) is 2. The van der Waals surface area contributed by atoms with E-state index < -0.39 is 0 Å². The highest BCUT2D eigenvalue weighted by Crippen LogP contribution is 2.19. The molecule has 1 N–H and O–H groups in total. The Labute approximate surface area is 110 Å². The summed E-state index contributed by atoms with van der Waals surface area (Å²) in [6, 6.07) is 2.14. The van der Waals surface area contributed by atoms with E-state index >= 15 is 0 Å². The summed E-state index contributed by atoms with van der Waals surface area (Å²) in [4.78, 5) is 8.46. The maximum absolute atomic E-state index is 6.01. The molecule has 2 rings (SSSR count). The van der Waals surface area contributed by atoms with Crippen molar-refractivity contribution in [3.8, 4) is 0 Å². The molecular formula is C12H14ClN3S. The monoisotopic (exact) mass is 267 g/mol. The molecule has 3 nitrogen and oxygen atoms in total. The van der Waals surface area contributed by atoms with Gasteiger partial charge in [-0.05, 0) is 42.7 Å². The largest absolute Gasteiger partial charge is 0.369 e. The molecule has 0 aromatic carbocycles. The third-order valence-electron chi connectivity index (χ3n) is 2.48. The zero-order chi connectivity index (χ0) is 12.3. The Hall–Kier alpha value is -1.13. The summed E-state index contributed by atoms with van der Waals surface area (Å²) in [7, 11) is 0. The second-order valence-corrected chi connectivity index (χ2v) is 4.98. The van der Waals surface area contributed by atoms with Crippen LogP contribution in [-0.4, -0.2) is 16.5 Å². The van der Waals surface area contributed by atoms with Crippen LogP contribution in [0.1, 0.15) is 17.0 Å². The number of hydrogen-bond acceptors (Lipinski definition) is 4. The minimum Gasteiger partial charge on any atom is -0.369 e. The molecule has 0 amide bonds. The van der Waals surface area contributed by atoms with E-state index in [0.29, 0.717) is 11.0 Å². The van der Waals surface area contributed by atoms with Gasteiger partial charge in [0.2, 0.25) is 0 Å². The van der Waals surface area contributed by atoms with Crippen molar-refractivity contribution in [2.24, 2.45) is 0 Å². The van der Waals surface area contributed by atoms with Crippen molar-refractivity contribution in [2.45, 2.75) is 20.3 Å². The van der Waals surface area contributed by atoms with Crippen LogP contribution >= 0.6 is 22.9 Å². The van der Waals surface area contributed by atoms with Crippen molar-refractivity contribution in [1.82, 2.24) is 9.97 Å². The molecule has 0 fully saturated rings. The summed E-state index contributed by atoms with van der Waals surface area (Å²) in [6.45, 7) is 4.62. The molecule has 2 heterocycles. The average molecular weight is 268 g/mol. The van der Waals surface area contributed by atoms with Gasteiger partial charge in [0, 0.05) is 12.1 Å². The zero-order valence-electron chi connectivity index (χ0n) is 9.83. The van der Waals surface area contributed by atoms with Crippen molar-refractivity contribution >= 4 is 28.8 Å². The maximum atomic E-state index is 6.01. The fraction of sp³-hybridized carbons (Fsp3) is 0.333. The molecule has 0 aliphatic heterocycles. The first-order valence-corrected chi connectivity index (χ1v) is 6.74. The van der Waals surface area contributed by atoms with Crippen LogP contribution in [0.4, 0.5) is 5.82 Å². The van der Waals surface area contributed by atoms with Crippen LogP contribution in [0.25, 0.3) is 0 Å². The summed E-state index contributed by atoms with van der Waals surface area (Å²) in [5, 5.41) is 8.07. The van der Waals surface area contributed by atoms with E-state index in [2.05, 4.69) is 32.1 Å². The van der Waals surface area contributed by atoms with E-state index in [1.54, 1.807) is 11.3 Å². The van der Waals surface area contributed by atoms with E-state index in [0.717, 1.165) is 24.3 Å². The first kappa shape index (κ1) is 12.3. The SMILES string of the molecule is Cc1nc(Cl)c(C)c(NCCc2ccsc2)n1. The lowest BCUT2D eigenvalue weighted by Crippen LogP contribution is -2.09. The summed E-state index contributed by atoms with van der Waals surface area (Å²) >= 11 is 7.73. The van der Waals surface area contributed by atoms with Crippen molar-refractivity contribution in [2.75, 3.05) is 11.9 Å². The Morgan fingerprint density at radius 3 is 2.88 bits per heavy atom. The molecule has 0 spiro atoms. The van der Waals surface area contributed by atoms with E-state index in [1.165, 1.54) is 5.56 Å². The number of halogens is 1. The summed E-state index contributed by atoms with van der Waals surface area (Å²) in [5.74, 6) is 1.52. The fourth-order valence-corrected chi connectivity index (χ4v) is 2.44. The van der Waals surface area contributed by atoms with Crippen LogP contribution in [0.5, 0.6) is 0 Å². The number of hydrogen-bond donors (Lipinski definition) is 1. The number of aryl methyl sites for hydroxylation is 1. The number of thiophene rings is 1. The number of rotatable bonds is 4. The van der Waals surface area contributed by atoms with Gasteiger partial charge in [-0.3, -0.25) is 0 Å². The number of aromatic nitrogens is 2. The van der Waals surface area contributed by atoms with E-state index in [1.807, 2.05) is 13.8 Å². The minimum absolute atomic E-state index is 0.524. The van der Waals surface area contributed by atoms with Gasteiger partial charge in [-0.2, -0.15) is 11.3 Å². The highest BCUT2D eigenvalue weighted by Gasteiger charge is 2.06. The molecule has 0 bridgehead atoms. The highest BCUT2D eigenvalue weighted by molar-refractivity contribution is 7.07. The standard InChI is InChI=1S/C12H14ClN3S/c1-8-11(13)15-9(2)16-12(8)14-5-3-10-4-6-17-7-10/h4,6-7H,3,5H2,1-2H3,(H,14,15,16). The Bertz CT molecular complexity index is 497. The lowest BCUT2D eigenvalue weighted by atomic mass is 10.2. The van der Waals surface area contributed by atoms with Crippen LogP contribution in [0.15, 0.2) is 16.8 Å². The van der Waals surface area contributed by atoms with Gasteiger partial charge in [-0.15, -0.1) is 0 Å². The quantitative estimate of drug-likeness (QED) is 0.862. The molecule has 0 unspecified atom stereocenters. The molecule has 0 radical (unpaired) electrons. The van der Waals surface area contributed by atoms with E-state index in [9.17, 15) is 0 Å². The average Bonchev–Trinajstić information content (AvgIpc) is 2.78. The molecule has 2 aromatic heterocycles. The molecule has 0 atom stereocenters. The molecular weight excluding hydrogens is 254 g/mol. The van der Waals surface area contributed by atoms with Crippen molar-refractivity contribution in [3.63, 3.8) is 0 Å². The van der Waals surface area contributed by atoms with Crippen molar-refractivity contribution in [1.29, 1.82) is 0 Å². The second kappa shape index (κ2) is 5.47. The van der Waals surface area contributed by atoms with Gasteiger partial charge in [0.05, 0.1) is 0 Å². The summed E-state index contributed by atoms with van der Waals surface area (Å²) < 4.78 is 0. The van der Waals surface area contributed by atoms with Gasteiger partial charge in [0.1, 0.15) is 16.8 Å². The third-order valence-corrected chi connectivity index (χ3v) is 3.58. The van der Waals surface area contributed by atoms with Crippen LogP contribution in [0.3, 0.4) is 0 Å². The molecule has 0 saturated carbocycles. The maximum Gasteiger partial charge on any atom is 0.137 e. The Morgan fingerprint density at radius 1 is 1.35 bits per heavy atom. The predicted molar refractivity (Wildman–Crippen MR) is 73.0 cm³/mol. The van der Waals surface area contributed by atoms with Gasteiger partial charge < -0.3 is 5.32 Å². The van der Waals surface area contributed by atoms with Crippen molar-refractivity contribution in [3.05, 3.63) is 38.9 Å². The van der Waals surface area contributed by atoms with Gasteiger partial charge in [-0.1, -0.05) is 11.6 Å². The highest BCUT2D eigenvalue weighted by atomic mass is 35.5. The molecule has 0 aliphatic rings. The van der Waals surface area contributed by atoms with Crippen molar-refractivity contribution < 1.29 is 0 Å². The smallest absolute Gasteiger partial charge is 0.137 e. The van der Waals surface area contributed by atoms with Crippen LogP contribution in [-0.2, 0) is 6.42 Å². The molecule has 17 heavy (non-hydrogen) atoms. The predicted octanol–water partition coefficient (Wildman–Crippen LogP) is 3.46. The lowest BCUT2D eigenvalue weighted by Gasteiger charge is -2.09. The molecule has 5 heteroatoms. The number of anilines is 1. The molecule has 2 aromatic rings. The molecule has 0 saturated heterocycles. The first-order chi connectivity index (χ1) is 8.16. The third kappa shape index (κ3) is 3.17. The van der Waals surface area contributed by atoms with E-state index in [4.69, 9.17) is 11.6 Å².